The first-order valence-corrected chi connectivity index (χ1v) is 12.4. The highest BCUT2D eigenvalue weighted by Crippen LogP contribution is 2.35. The van der Waals surface area contributed by atoms with E-state index in [0.29, 0.717) is 19.0 Å². The molecular weight excluding hydrogens is 388 g/mol. The maximum Gasteiger partial charge on any atom is 0.279 e. The third-order valence-electron chi connectivity index (χ3n) is 7.79. The smallest absolute Gasteiger partial charge is 0.279 e. The first kappa shape index (κ1) is 22.3. The average Bonchev–Trinajstić information content (AvgIpc) is 2.80. The highest BCUT2D eigenvalue weighted by molar-refractivity contribution is 5.92. The Balaban J connectivity index is 1.18. The first-order valence-electron chi connectivity index (χ1n) is 12.4. The van der Waals surface area contributed by atoms with Gasteiger partial charge in [-0.1, -0.05) is 44.4 Å². The van der Waals surface area contributed by atoms with Gasteiger partial charge in [0.1, 0.15) is 26.2 Å². The fourth-order valence-electron chi connectivity index (χ4n) is 5.84. The summed E-state index contributed by atoms with van der Waals surface area (Å²) in [5.41, 5.74) is 2.11. The van der Waals surface area contributed by atoms with Crippen LogP contribution in [0, 0.1) is 11.8 Å². The minimum absolute atomic E-state index is 0.0887. The minimum Gasteiger partial charge on any atom is -0.338 e. The monoisotopic (exact) mass is 428 g/mol. The van der Waals surface area contributed by atoms with Crippen LogP contribution in [0.3, 0.4) is 0 Å². The van der Waals surface area contributed by atoms with Crippen LogP contribution in [-0.2, 0) is 16.0 Å². The lowest BCUT2D eigenvalue weighted by atomic mass is 9.75. The maximum absolute atomic E-state index is 12.9. The molecule has 3 fully saturated rings. The van der Waals surface area contributed by atoms with E-state index in [1.54, 1.807) is 0 Å². The van der Waals surface area contributed by atoms with E-state index in [9.17, 15) is 9.59 Å². The van der Waals surface area contributed by atoms with Crippen molar-refractivity contribution in [3.05, 3.63) is 29.8 Å². The second-order valence-corrected chi connectivity index (χ2v) is 9.85. The molecule has 1 aromatic carbocycles. The van der Waals surface area contributed by atoms with Crippen LogP contribution < -0.4 is 15.1 Å². The molecule has 2 amide bonds. The van der Waals surface area contributed by atoms with Gasteiger partial charge in [0.15, 0.2) is 13.1 Å². The van der Waals surface area contributed by atoms with Gasteiger partial charge in [0.25, 0.3) is 11.8 Å². The Bertz CT molecular complexity index is 760. The van der Waals surface area contributed by atoms with E-state index in [4.69, 9.17) is 0 Å². The molecule has 2 saturated heterocycles. The molecule has 1 saturated carbocycles. The lowest BCUT2D eigenvalue weighted by molar-refractivity contribution is -1.00. The second-order valence-electron chi connectivity index (χ2n) is 9.85. The molecule has 31 heavy (non-hydrogen) atoms. The summed E-state index contributed by atoms with van der Waals surface area (Å²) in [6, 6.07) is 8.03. The number of amides is 2. The molecule has 1 aromatic rings. The molecule has 6 nitrogen and oxygen atoms in total. The van der Waals surface area contributed by atoms with Crippen molar-refractivity contribution < 1.29 is 19.4 Å². The SMILES string of the molecule is CCc1ccccc1NC(=O)C[NH+]1CC[NH+](CC(=O)N2CC[C@@H]3CCCC[C@H]3C2)CC1. The van der Waals surface area contributed by atoms with Crippen molar-refractivity contribution in [2.24, 2.45) is 11.8 Å². The van der Waals surface area contributed by atoms with Crippen LogP contribution in [-0.4, -0.2) is 69.1 Å². The number of quaternary nitrogens is 2. The number of carbonyl (C=O) groups is 2. The summed E-state index contributed by atoms with van der Waals surface area (Å²) in [6.45, 7) is 9.05. The van der Waals surface area contributed by atoms with Gasteiger partial charge in [-0.3, -0.25) is 9.59 Å². The predicted molar refractivity (Wildman–Crippen MR) is 122 cm³/mol. The van der Waals surface area contributed by atoms with Crippen LogP contribution in [0.1, 0.15) is 44.6 Å². The third kappa shape index (κ3) is 5.86. The molecule has 0 radical (unpaired) electrons. The van der Waals surface area contributed by atoms with Crippen LogP contribution in [0.25, 0.3) is 0 Å². The van der Waals surface area contributed by atoms with Gasteiger partial charge in [0.2, 0.25) is 0 Å². The van der Waals surface area contributed by atoms with Crippen molar-refractivity contribution in [3.63, 3.8) is 0 Å². The Morgan fingerprint density at radius 2 is 1.65 bits per heavy atom. The standard InChI is InChI=1S/C25H38N4O2/c1-2-20-7-5-6-10-23(20)26-24(30)18-27-13-15-28(16-14-27)19-25(31)29-12-11-21-8-3-4-9-22(21)17-29/h5-7,10,21-22H,2-4,8-9,11-19H2,1H3,(H,26,30)/p+2/t21-,22-/m0/s1. The number of hydrogen-bond donors (Lipinski definition) is 3. The zero-order valence-corrected chi connectivity index (χ0v) is 19.1. The molecule has 6 heteroatoms. The van der Waals surface area contributed by atoms with Crippen LogP contribution in [0.15, 0.2) is 24.3 Å². The summed E-state index contributed by atoms with van der Waals surface area (Å²) in [5, 5.41) is 3.09. The highest BCUT2D eigenvalue weighted by atomic mass is 16.2. The molecule has 3 N–H and O–H groups in total. The van der Waals surface area contributed by atoms with Crippen LogP contribution >= 0.6 is 0 Å². The number of anilines is 1. The van der Waals surface area contributed by atoms with Gasteiger partial charge in [0.05, 0.1) is 0 Å². The lowest BCUT2D eigenvalue weighted by Gasteiger charge is -2.41. The number of nitrogens with zero attached hydrogens (tertiary/aromatic N) is 1. The Hall–Kier alpha value is -1.92. The molecule has 0 aromatic heterocycles. The largest absolute Gasteiger partial charge is 0.338 e. The number of carbonyl (C=O) groups excluding carboxylic acids is 2. The number of fused-ring (bicyclic) bond motifs is 1. The third-order valence-corrected chi connectivity index (χ3v) is 7.79. The summed E-state index contributed by atoms with van der Waals surface area (Å²) in [5.74, 6) is 2.05. The minimum atomic E-state index is 0.0887. The number of rotatable bonds is 6. The van der Waals surface area contributed by atoms with E-state index >= 15 is 0 Å². The number of piperidine rings is 1. The number of likely N-dealkylation sites (tertiary alicyclic amines) is 1. The summed E-state index contributed by atoms with van der Waals surface area (Å²) < 4.78 is 0. The molecule has 2 aliphatic heterocycles. The Morgan fingerprint density at radius 1 is 0.968 bits per heavy atom. The van der Waals surface area contributed by atoms with Crippen molar-refractivity contribution in [1.29, 1.82) is 0 Å². The molecule has 0 unspecified atom stereocenters. The highest BCUT2D eigenvalue weighted by Gasteiger charge is 2.34. The van der Waals surface area contributed by atoms with Crippen LogP contribution in [0.5, 0.6) is 0 Å². The average molecular weight is 429 g/mol. The van der Waals surface area contributed by atoms with Gasteiger partial charge in [-0.25, -0.2) is 0 Å². The van der Waals surface area contributed by atoms with E-state index in [2.05, 4.69) is 23.2 Å². The van der Waals surface area contributed by atoms with Crippen molar-refractivity contribution >= 4 is 17.5 Å². The van der Waals surface area contributed by atoms with Crippen LogP contribution in [0.2, 0.25) is 0 Å². The van der Waals surface area contributed by atoms with Gasteiger partial charge in [-0.2, -0.15) is 0 Å². The topological polar surface area (TPSA) is 58.3 Å². The molecule has 0 bridgehead atoms. The fourth-order valence-corrected chi connectivity index (χ4v) is 5.84. The zero-order valence-electron chi connectivity index (χ0n) is 19.1. The summed E-state index contributed by atoms with van der Waals surface area (Å²) >= 11 is 0. The molecule has 4 rings (SSSR count). The normalized spacial score (nSPS) is 28.6. The second kappa shape index (κ2) is 10.6. The van der Waals surface area contributed by atoms with Gasteiger partial charge < -0.3 is 20.0 Å². The van der Waals surface area contributed by atoms with Crippen molar-refractivity contribution in [2.45, 2.75) is 45.4 Å². The Morgan fingerprint density at radius 3 is 2.39 bits per heavy atom. The van der Waals surface area contributed by atoms with Gasteiger partial charge in [-0.05, 0) is 42.7 Å². The van der Waals surface area contributed by atoms with E-state index in [1.807, 2.05) is 18.2 Å². The number of hydrogen-bond acceptors (Lipinski definition) is 2. The molecule has 1 aliphatic carbocycles. The summed E-state index contributed by atoms with van der Waals surface area (Å²) in [4.78, 5) is 30.3. The molecule has 0 spiro atoms. The number of aryl methyl sites for hydroxylation is 1. The Kier molecular flexibility index (Phi) is 7.62. The quantitative estimate of drug-likeness (QED) is 0.598. The number of nitrogens with one attached hydrogen (secondary N) is 3. The van der Waals surface area contributed by atoms with E-state index in [-0.39, 0.29) is 5.91 Å². The van der Waals surface area contributed by atoms with Crippen molar-refractivity contribution in [3.8, 4) is 0 Å². The Labute approximate surface area is 187 Å². The fraction of sp³-hybridized carbons (Fsp3) is 0.680. The lowest BCUT2D eigenvalue weighted by Crippen LogP contribution is -3.28. The summed E-state index contributed by atoms with van der Waals surface area (Å²) in [7, 11) is 0. The van der Waals surface area contributed by atoms with E-state index in [1.165, 1.54) is 47.5 Å². The van der Waals surface area contributed by atoms with Crippen molar-refractivity contribution in [1.82, 2.24) is 4.90 Å². The zero-order chi connectivity index (χ0) is 21.6. The van der Waals surface area contributed by atoms with E-state index < -0.39 is 0 Å². The number of para-hydroxylation sites is 1. The van der Waals surface area contributed by atoms with Gasteiger partial charge >= 0.3 is 0 Å². The predicted octanol–water partition coefficient (Wildman–Crippen LogP) is 0.00960. The molecule has 2 heterocycles. The summed E-state index contributed by atoms with van der Waals surface area (Å²) in [6.07, 6.45) is 7.54. The molecule has 170 valence electrons. The molecule has 3 aliphatic rings. The maximum atomic E-state index is 12.9. The van der Waals surface area contributed by atoms with Crippen molar-refractivity contribution in [2.75, 3.05) is 57.7 Å². The van der Waals surface area contributed by atoms with E-state index in [0.717, 1.165) is 63.2 Å². The van der Waals surface area contributed by atoms with Gasteiger partial charge in [-0.15, -0.1) is 0 Å². The number of benzene rings is 1. The van der Waals surface area contributed by atoms with Crippen LogP contribution in [0.4, 0.5) is 5.69 Å². The van der Waals surface area contributed by atoms with Gasteiger partial charge in [0, 0.05) is 18.8 Å². The first-order chi connectivity index (χ1) is 15.1. The number of piperazine rings is 1. The molecule has 2 atom stereocenters. The molecular formula is C25H40N4O2+2.